The third-order valence-electron chi connectivity index (χ3n) is 8.41. The summed E-state index contributed by atoms with van der Waals surface area (Å²) in [6.45, 7) is 4.99. The van der Waals surface area contributed by atoms with Crippen LogP contribution in [0.15, 0.2) is 97.1 Å². The van der Waals surface area contributed by atoms with Gasteiger partial charge >= 0.3 is 12.2 Å². The minimum atomic E-state index is -4.50. The Hall–Kier alpha value is -4.87. The maximum absolute atomic E-state index is 13.8. The highest BCUT2D eigenvalue weighted by Crippen LogP contribution is 2.35. The van der Waals surface area contributed by atoms with E-state index in [0.717, 1.165) is 41.0 Å². The number of amides is 3. The summed E-state index contributed by atoms with van der Waals surface area (Å²) in [5.41, 5.74) is 3.15. The Bertz CT molecular complexity index is 1700. The summed E-state index contributed by atoms with van der Waals surface area (Å²) in [7, 11) is 1.99. The molecule has 4 aromatic rings. The Kier molecular flexibility index (Phi) is 10.7. The first-order valence-electron chi connectivity index (χ1n) is 15.7. The monoisotopic (exact) mass is 660 g/mol. The standard InChI is InChI=1S/C37H39F3N4O4/c1-24-20-44(25(2)23-45)35(46)31-10-7-11-32(42-36(47)41-30-18-16-29(17-19-30)37(38,39)40)34(31)48-33(24)22-43(3)21-26-12-14-28(15-13-26)27-8-5-4-6-9-27/h4-19,24-25,33,45H,20-23H2,1-3H3,(H2,41,42,47)/t24-,25-,33+/m1/s1. The average molecular weight is 661 g/mol. The fraction of sp³-hybridized carbons (Fsp3) is 0.297. The Morgan fingerprint density at radius 1 is 0.958 bits per heavy atom. The van der Waals surface area contributed by atoms with Gasteiger partial charge in [-0.25, -0.2) is 4.79 Å². The molecule has 3 atom stereocenters. The summed E-state index contributed by atoms with van der Waals surface area (Å²) < 4.78 is 45.5. The first kappa shape index (κ1) is 34.5. The van der Waals surface area contributed by atoms with Gasteiger partial charge in [-0.05, 0) is 67.1 Å². The number of aliphatic hydroxyl groups excluding tert-OH is 1. The molecule has 0 saturated carbocycles. The summed E-state index contributed by atoms with van der Waals surface area (Å²) in [5, 5.41) is 15.2. The summed E-state index contributed by atoms with van der Waals surface area (Å²) in [5.74, 6) is -0.332. The average Bonchev–Trinajstić information content (AvgIpc) is 3.07. The number of nitrogens with zero attached hydrogens (tertiary/aromatic N) is 2. The van der Waals surface area contributed by atoms with Gasteiger partial charge in [0.05, 0.1) is 29.5 Å². The topological polar surface area (TPSA) is 94.1 Å². The summed E-state index contributed by atoms with van der Waals surface area (Å²) in [4.78, 5) is 30.5. The number of nitrogens with one attached hydrogen (secondary N) is 2. The SMILES string of the molecule is C[C@@H]1CN([C@H](C)CO)C(=O)c2cccc(NC(=O)Nc3ccc(C(F)(F)F)cc3)c2O[C@H]1CN(C)Cc1ccc(-c2ccccc2)cc1. The van der Waals surface area contributed by atoms with Crippen LogP contribution >= 0.6 is 0 Å². The van der Waals surface area contributed by atoms with E-state index in [1.807, 2.05) is 32.2 Å². The molecule has 1 heterocycles. The van der Waals surface area contributed by atoms with Crippen molar-refractivity contribution in [2.45, 2.75) is 38.7 Å². The Labute approximate surface area is 278 Å². The van der Waals surface area contributed by atoms with E-state index < -0.39 is 29.9 Å². The zero-order valence-corrected chi connectivity index (χ0v) is 27.0. The van der Waals surface area contributed by atoms with Gasteiger partial charge in [-0.1, -0.05) is 67.6 Å². The second-order valence-corrected chi connectivity index (χ2v) is 12.2. The molecule has 0 aromatic heterocycles. The van der Waals surface area contributed by atoms with Crippen LogP contribution in [0.2, 0.25) is 0 Å². The second kappa shape index (κ2) is 14.9. The van der Waals surface area contributed by atoms with E-state index in [1.165, 1.54) is 0 Å². The van der Waals surface area contributed by atoms with Crippen LogP contribution in [0.25, 0.3) is 11.1 Å². The van der Waals surface area contributed by atoms with Crippen LogP contribution in [0.5, 0.6) is 5.75 Å². The number of para-hydroxylation sites is 1. The van der Waals surface area contributed by atoms with Gasteiger partial charge < -0.3 is 25.4 Å². The molecule has 0 radical (unpaired) electrons. The highest BCUT2D eigenvalue weighted by atomic mass is 19.4. The lowest BCUT2D eigenvalue weighted by Gasteiger charge is -2.38. The molecule has 8 nitrogen and oxygen atoms in total. The van der Waals surface area contributed by atoms with Gasteiger partial charge in [0.1, 0.15) is 6.10 Å². The summed E-state index contributed by atoms with van der Waals surface area (Å²) in [6.07, 6.45) is -4.92. The maximum Gasteiger partial charge on any atom is 0.416 e. The molecule has 3 N–H and O–H groups in total. The van der Waals surface area contributed by atoms with E-state index >= 15 is 0 Å². The number of carbonyl (C=O) groups is 2. The number of fused-ring (bicyclic) bond motifs is 1. The van der Waals surface area contributed by atoms with Gasteiger partial charge in [-0.3, -0.25) is 9.69 Å². The van der Waals surface area contributed by atoms with Crippen molar-refractivity contribution in [3.8, 4) is 16.9 Å². The Balaban J connectivity index is 1.36. The number of anilines is 2. The second-order valence-electron chi connectivity index (χ2n) is 12.2. The van der Waals surface area contributed by atoms with Gasteiger partial charge in [-0.2, -0.15) is 13.2 Å². The van der Waals surface area contributed by atoms with Crippen molar-refractivity contribution in [1.29, 1.82) is 0 Å². The van der Waals surface area contributed by atoms with Crippen LogP contribution in [0.4, 0.5) is 29.3 Å². The minimum Gasteiger partial charge on any atom is -0.486 e. The van der Waals surface area contributed by atoms with Crippen molar-refractivity contribution in [3.05, 3.63) is 114 Å². The molecule has 0 saturated heterocycles. The first-order valence-corrected chi connectivity index (χ1v) is 15.7. The minimum absolute atomic E-state index is 0.157. The molecule has 3 amide bonds. The van der Waals surface area contributed by atoms with E-state index in [-0.39, 0.29) is 41.1 Å². The quantitative estimate of drug-likeness (QED) is 0.174. The van der Waals surface area contributed by atoms with Gasteiger partial charge in [-0.15, -0.1) is 0 Å². The molecule has 11 heteroatoms. The van der Waals surface area contributed by atoms with Gasteiger partial charge in [0, 0.05) is 31.2 Å². The molecule has 1 aliphatic rings. The number of hydrogen-bond donors (Lipinski definition) is 3. The van der Waals surface area contributed by atoms with Gasteiger partial charge in [0.2, 0.25) is 0 Å². The molecule has 0 bridgehead atoms. The molecule has 0 fully saturated rings. The molecule has 0 spiro atoms. The lowest BCUT2D eigenvalue weighted by Crippen LogP contribution is -2.49. The Morgan fingerprint density at radius 2 is 1.62 bits per heavy atom. The summed E-state index contributed by atoms with van der Waals surface area (Å²) >= 11 is 0. The van der Waals surface area contributed by atoms with Crippen molar-refractivity contribution in [2.75, 3.05) is 37.4 Å². The van der Waals surface area contributed by atoms with E-state index in [1.54, 1.807) is 30.0 Å². The zero-order valence-electron chi connectivity index (χ0n) is 27.0. The highest BCUT2D eigenvalue weighted by molar-refractivity contribution is 6.04. The number of aliphatic hydroxyl groups is 1. The van der Waals surface area contributed by atoms with Crippen LogP contribution in [-0.4, -0.2) is 65.7 Å². The molecule has 252 valence electrons. The predicted octanol–water partition coefficient (Wildman–Crippen LogP) is 7.37. The fourth-order valence-corrected chi connectivity index (χ4v) is 5.70. The lowest BCUT2D eigenvalue weighted by atomic mass is 9.98. The van der Waals surface area contributed by atoms with Crippen molar-refractivity contribution < 1.29 is 32.6 Å². The lowest BCUT2D eigenvalue weighted by molar-refractivity contribution is -0.137. The molecular weight excluding hydrogens is 621 g/mol. The number of likely N-dealkylation sites (N-methyl/N-ethyl adjacent to an activating group) is 1. The molecule has 5 rings (SSSR count). The third kappa shape index (κ3) is 8.34. The largest absolute Gasteiger partial charge is 0.486 e. The number of hydrogen-bond acceptors (Lipinski definition) is 5. The van der Waals surface area contributed by atoms with Gasteiger partial charge in [0.25, 0.3) is 5.91 Å². The molecule has 4 aromatic carbocycles. The van der Waals surface area contributed by atoms with Crippen molar-refractivity contribution >= 4 is 23.3 Å². The third-order valence-corrected chi connectivity index (χ3v) is 8.41. The van der Waals surface area contributed by atoms with Crippen LogP contribution < -0.4 is 15.4 Å². The number of carbonyl (C=O) groups excluding carboxylic acids is 2. The smallest absolute Gasteiger partial charge is 0.416 e. The highest BCUT2D eigenvalue weighted by Gasteiger charge is 2.35. The predicted molar refractivity (Wildman–Crippen MR) is 180 cm³/mol. The molecule has 48 heavy (non-hydrogen) atoms. The molecule has 0 aliphatic carbocycles. The van der Waals surface area contributed by atoms with Crippen molar-refractivity contribution in [2.24, 2.45) is 5.92 Å². The van der Waals surface area contributed by atoms with Crippen LogP contribution in [0.1, 0.15) is 35.3 Å². The van der Waals surface area contributed by atoms with E-state index in [0.29, 0.717) is 19.6 Å². The van der Waals surface area contributed by atoms with Crippen molar-refractivity contribution in [3.63, 3.8) is 0 Å². The zero-order chi connectivity index (χ0) is 34.4. The number of rotatable bonds is 9. The number of urea groups is 1. The first-order chi connectivity index (χ1) is 22.9. The Morgan fingerprint density at radius 3 is 2.27 bits per heavy atom. The normalized spacial score (nSPS) is 17.2. The summed E-state index contributed by atoms with van der Waals surface area (Å²) in [6, 6.07) is 26.2. The number of halogens is 3. The van der Waals surface area contributed by atoms with Crippen LogP contribution in [-0.2, 0) is 12.7 Å². The van der Waals surface area contributed by atoms with E-state index in [4.69, 9.17) is 4.74 Å². The van der Waals surface area contributed by atoms with Crippen LogP contribution in [0.3, 0.4) is 0 Å². The molecule has 0 unspecified atom stereocenters. The number of alkyl halides is 3. The van der Waals surface area contributed by atoms with Crippen molar-refractivity contribution in [1.82, 2.24) is 9.80 Å². The fourth-order valence-electron chi connectivity index (χ4n) is 5.70. The molecular formula is C37H39F3N4O4. The molecule has 1 aliphatic heterocycles. The van der Waals surface area contributed by atoms with Crippen LogP contribution in [0, 0.1) is 5.92 Å². The maximum atomic E-state index is 13.8. The van der Waals surface area contributed by atoms with E-state index in [2.05, 4.69) is 51.9 Å². The number of benzene rings is 4. The van der Waals surface area contributed by atoms with Gasteiger partial charge in [0.15, 0.2) is 5.75 Å². The number of ether oxygens (including phenoxy) is 1. The van der Waals surface area contributed by atoms with E-state index in [9.17, 15) is 27.9 Å².